The largest absolute Gasteiger partial charge is 0.303 e. The second-order valence-corrected chi connectivity index (χ2v) is 6.43. The topological polar surface area (TPSA) is 103 Å². The maximum Gasteiger partial charge on any atom is 0.246 e. The molecule has 0 saturated heterocycles. The molecule has 0 spiro atoms. The smallest absolute Gasteiger partial charge is 0.246 e. The van der Waals surface area contributed by atoms with Gasteiger partial charge < -0.3 is 4.79 Å². The summed E-state index contributed by atoms with van der Waals surface area (Å²) in [6.45, 7) is 2.14. The predicted octanol–water partition coefficient (Wildman–Crippen LogP) is 5.76. The van der Waals surface area contributed by atoms with Crippen molar-refractivity contribution in [3.8, 4) is 0 Å². The third kappa shape index (κ3) is 14.5. The van der Waals surface area contributed by atoms with Crippen LogP contribution in [0.5, 0.6) is 0 Å². The van der Waals surface area contributed by atoms with Crippen molar-refractivity contribution in [1.82, 2.24) is 0 Å². The fourth-order valence-corrected chi connectivity index (χ4v) is 2.54. The van der Waals surface area contributed by atoms with Crippen LogP contribution in [0.25, 0.3) is 0 Å². The minimum Gasteiger partial charge on any atom is -0.303 e. The fourth-order valence-electron chi connectivity index (χ4n) is 2.54. The van der Waals surface area contributed by atoms with Crippen LogP contribution in [-0.4, -0.2) is 16.1 Å². The average Bonchev–Trinajstić information content (AvgIpc) is 2.63. The molecule has 0 aromatic carbocycles. The van der Waals surface area contributed by atoms with Gasteiger partial charge in [0.2, 0.25) is 11.4 Å². The van der Waals surface area contributed by atoms with E-state index < -0.39 is 9.85 Å². The lowest BCUT2D eigenvalue weighted by Gasteiger charge is -2.00. The van der Waals surface area contributed by atoms with Crippen LogP contribution >= 0.6 is 0 Å². The second kappa shape index (κ2) is 17.1. The van der Waals surface area contributed by atoms with Gasteiger partial charge in [-0.05, 0) is 44.3 Å². The Morgan fingerprint density at radius 1 is 0.815 bits per heavy atom. The minimum absolute atomic E-state index is 0.0152. The number of rotatable bonds is 17. The highest BCUT2D eigenvalue weighted by atomic mass is 16.6. The van der Waals surface area contributed by atoms with E-state index in [0.29, 0.717) is 19.3 Å². The summed E-state index contributed by atoms with van der Waals surface area (Å²) in [5, 5.41) is 22.3. The quantitative estimate of drug-likeness (QED) is 0.105. The summed E-state index contributed by atoms with van der Waals surface area (Å²) in [5.74, 6) is 0. The number of hydrogen-bond acceptors (Lipinski definition) is 5. The molecule has 0 bridgehead atoms. The zero-order chi connectivity index (χ0) is 20.3. The number of nitro groups is 2. The third-order valence-corrected chi connectivity index (χ3v) is 4.15. The zero-order valence-electron chi connectivity index (χ0n) is 16.3. The summed E-state index contributed by atoms with van der Waals surface area (Å²) in [6, 6.07) is 0. The molecule has 27 heavy (non-hydrogen) atoms. The molecule has 0 saturated carbocycles. The van der Waals surface area contributed by atoms with Crippen LogP contribution < -0.4 is 0 Å². The highest BCUT2D eigenvalue weighted by Gasteiger charge is 2.14. The summed E-state index contributed by atoms with van der Waals surface area (Å²) in [5.41, 5.74) is 0.00628. The molecule has 0 amide bonds. The van der Waals surface area contributed by atoms with Gasteiger partial charge in [0.25, 0.3) is 0 Å². The molecule has 0 aliphatic carbocycles. The number of unbranched alkanes of at least 4 members (excludes halogenated alkanes) is 7. The molecular weight excluding hydrogens is 348 g/mol. The molecule has 0 fully saturated rings. The molecule has 0 N–H and O–H groups in total. The Morgan fingerprint density at radius 2 is 1.48 bits per heavy atom. The van der Waals surface area contributed by atoms with Crippen molar-refractivity contribution < 1.29 is 14.6 Å². The fraction of sp³-hybridized carbons (Fsp3) is 0.650. The Bertz CT molecular complexity index is 538. The maximum atomic E-state index is 11.1. The Morgan fingerprint density at radius 3 is 2.11 bits per heavy atom. The third-order valence-electron chi connectivity index (χ3n) is 4.15. The van der Waals surface area contributed by atoms with Gasteiger partial charge in [0.1, 0.15) is 6.29 Å². The first-order chi connectivity index (χ1) is 13.0. The van der Waals surface area contributed by atoms with Crippen molar-refractivity contribution >= 4 is 6.29 Å². The minimum atomic E-state index is -0.474. The molecule has 0 rings (SSSR count). The van der Waals surface area contributed by atoms with Crippen LogP contribution in [0.3, 0.4) is 0 Å². The number of carbonyl (C=O) groups is 1. The Hall–Kier alpha value is -2.31. The van der Waals surface area contributed by atoms with Gasteiger partial charge in [-0.2, -0.15) is 0 Å². The van der Waals surface area contributed by atoms with Crippen LogP contribution in [0.4, 0.5) is 0 Å². The molecule has 0 aliphatic heterocycles. The van der Waals surface area contributed by atoms with Crippen LogP contribution in [0.2, 0.25) is 0 Å². The molecular formula is C20H32N2O5. The molecule has 0 heterocycles. The summed E-state index contributed by atoms with van der Waals surface area (Å²) in [4.78, 5) is 31.6. The maximum absolute atomic E-state index is 11.1. The van der Waals surface area contributed by atoms with Crippen molar-refractivity contribution in [2.24, 2.45) is 0 Å². The first kappa shape index (κ1) is 24.7. The molecule has 0 aliphatic rings. The van der Waals surface area contributed by atoms with Gasteiger partial charge in [0.05, 0.1) is 16.3 Å². The van der Waals surface area contributed by atoms with Gasteiger partial charge in [-0.15, -0.1) is 0 Å². The lowest BCUT2D eigenvalue weighted by Crippen LogP contribution is -2.02. The Labute approximate surface area is 161 Å². The van der Waals surface area contributed by atoms with E-state index in [0.717, 1.165) is 44.8 Å². The molecule has 7 nitrogen and oxygen atoms in total. The molecule has 0 radical (unpaired) electrons. The lowest BCUT2D eigenvalue weighted by atomic mass is 10.1. The SMILES string of the molecule is CCCCC/C=C\C/C=C(\C/C=C(\CCCCCCC=O)[N+](=O)[O-])[N+](=O)[O-]. The summed E-state index contributed by atoms with van der Waals surface area (Å²) in [6.07, 6.45) is 16.4. The van der Waals surface area contributed by atoms with E-state index in [1.807, 2.05) is 12.2 Å². The molecule has 152 valence electrons. The van der Waals surface area contributed by atoms with Gasteiger partial charge in [-0.1, -0.05) is 44.8 Å². The summed E-state index contributed by atoms with van der Waals surface area (Å²) < 4.78 is 0. The average molecular weight is 380 g/mol. The first-order valence-corrected chi connectivity index (χ1v) is 9.78. The first-order valence-electron chi connectivity index (χ1n) is 9.78. The van der Waals surface area contributed by atoms with Crippen molar-refractivity contribution in [2.45, 2.75) is 84.0 Å². The van der Waals surface area contributed by atoms with Gasteiger partial charge >= 0.3 is 0 Å². The molecule has 0 aromatic rings. The van der Waals surface area contributed by atoms with E-state index in [-0.39, 0.29) is 24.2 Å². The van der Waals surface area contributed by atoms with Crippen LogP contribution in [0.1, 0.15) is 84.0 Å². The number of allylic oxidation sites excluding steroid dienone is 5. The molecule has 0 unspecified atom stereocenters. The van der Waals surface area contributed by atoms with Crippen LogP contribution in [0, 0.1) is 20.2 Å². The van der Waals surface area contributed by atoms with E-state index in [2.05, 4.69) is 6.92 Å². The van der Waals surface area contributed by atoms with E-state index >= 15 is 0 Å². The normalized spacial score (nSPS) is 12.5. The summed E-state index contributed by atoms with van der Waals surface area (Å²) in [7, 11) is 0. The van der Waals surface area contributed by atoms with E-state index in [9.17, 15) is 25.0 Å². The summed E-state index contributed by atoms with van der Waals surface area (Å²) >= 11 is 0. The van der Waals surface area contributed by atoms with Gasteiger partial charge in [-0.25, -0.2) is 0 Å². The van der Waals surface area contributed by atoms with Crippen molar-refractivity contribution in [3.63, 3.8) is 0 Å². The van der Waals surface area contributed by atoms with Gasteiger partial charge in [0, 0.05) is 12.8 Å². The molecule has 0 aromatic heterocycles. The Kier molecular flexibility index (Phi) is 15.7. The zero-order valence-corrected chi connectivity index (χ0v) is 16.3. The number of aldehydes is 1. The molecule has 7 heteroatoms. The van der Waals surface area contributed by atoms with E-state index in [4.69, 9.17) is 0 Å². The Balaban J connectivity index is 4.51. The van der Waals surface area contributed by atoms with E-state index in [1.54, 1.807) is 0 Å². The number of nitrogens with zero attached hydrogens (tertiary/aromatic N) is 2. The standard InChI is InChI=1S/C20H32N2O5/c1-2-3-4-5-6-8-11-14-19(21(24)25)16-17-20(22(26)27)15-12-9-7-10-13-18-23/h6,8,14,17-18H,2-5,7,9-13,15-16H2,1H3/b8-6-,19-14+,20-17+. The van der Waals surface area contributed by atoms with Gasteiger partial charge in [-0.3, -0.25) is 20.2 Å². The van der Waals surface area contributed by atoms with Crippen molar-refractivity contribution in [1.29, 1.82) is 0 Å². The van der Waals surface area contributed by atoms with Crippen LogP contribution in [0.15, 0.2) is 35.7 Å². The number of hydrogen-bond donors (Lipinski definition) is 0. The van der Waals surface area contributed by atoms with E-state index in [1.165, 1.54) is 18.6 Å². The molecule has 0 atom stereocenters. The highest BCUT2D eigenvalue weighted by molar-refractivity contribution is 5.48. The van der Waals surface area contributed by atoms with Crippen LogP contribution in [-0.2, 0) is 4.79 Å². The van der Waals surface area contributed by atoms with Gasteiger partial charge in [0.15, 0.2) is 0 Å². The number of carbonyl (C=O) groups excluding carboxylic acids is 1. The second-order valence-electron chi connectivity index (χ2n) is 6.43. The monoisotopic (exact) mass is 380 g/mol. The lowest BCUT2D eigenvalue weighted by molar-refractivity contribution is -0.432. The predicted molar refractivity (Wildman–Crippen MR) is 106 cm³/mol. The highest BCUT2D eigenvalue weighted by Crippen LogP contribution is 2.15. The van der Waals surface area contributed by atoms with Crippen molar-refractivity contribution in [3.05, 3.63) is 55.9 Å². The van der Waals surface area contributed by atoms with Crippen molar-refractivity contribution in [2.75, 3.05) is 0 Å².